The van der Waals surface area contributed by atoms with E-state index in [9.17, 15) is 9.90 Å². The van der Waals surface area contributed by atoms with Crippen LogP contribution < -0.4 is 5.48 Å². The zero-order valence-electron chi connectivity index (χ0n) is 14.1. The van der Waals surface area contributed by atoms with Gasteiger partial charge in [0.25, 0.3) is 0 Å². The van der Waals surface area contributed by atoms with Gasteiger partial charge in [0.05, 0.1) is 18.2 Å². The second kappa shape index (κ2) is 9.85. The van der Waals surface area contributed by atoms with E-state index >= 15 is 0 Å². The van der Waals surface area contributed by atoms with E-state index < -0.39 is 5.97 Å². The molecule has 0 spiro atoms. The Kier molecular flexibility index (Phi) is 7.46. The summed E-state index contributed by atoms with van der Waals surface area (Å²) < 4.78 is 0. The van der Waals surface area contributed by atoms with Gasteiger partial charge in [-0.3, -0.25) is 4.84 Å². The van der Waals surface area contributed by atoms with E-state index in [0.29, 0.717) is 12.2 Å². The van der Waals surface area contributed by atoms with E-state index in [1.807, 2.05) is 42.5 Å². The van der Waals surface area contributed by atoms with Crippen LogP contribution in [0.15, 0.2) is 54.6 Å². The summed E-state index contributed by atoms with van der Waals surface area (Å²) >= 11 is 0. The second-order valence-electron chi connectivity index (χ2n) is 5.83. The molecule has 1 unspecified atom stereocenters. The van der Waals surface area contributed by atoms with Crippen molar-refractivity contribution in [2.24, 2.45) is 0 Å². The molecule has 0 heterocycles. The number of carboxylic acids is 1. The normalized spacial score (nSPS) is 12.0. The molecule has 0 aliphatic carbocycles. The lowest BCUT2D eigenvalue weighted by atomic mass is 9.96. The molecule has 0 radical (unpaired) electrons. The van der Waals surface area contributed by atoms with Gasteiger partial charge in [0.15, 0.2) is 0 Å². The lowest BCUT2D eigenvalue weighted by Crippen LogP contribution is -2.23. The van der Waals surface area contributed by atoms with E-state index in [4.69, 9.17) is 4.84 Å². The van der Waals surface area contributed by atoms with Gasteiger partial charge in [0, 0.05) is 0 Å². The Morgan fingerprint density at radius 1 is 1.08 bits per heavy atom. The van der Waals surface area contributed by atoms with Gasteiger partial charge in [-0.2, -0.15) is 5.48 Å². The third kappa shape index (κ3) is 5.48. The van der Waals surface area contributed by atoms with E-state index in [-0.39, 0.29) is 6.04 Å². The van der Waals surface area contributed by atoms with Crippen LogP contribution in [0.1, 0.15) is 60.1 Å². The summed E-state index contributed by atoms with van der Waals surface area (Å²) in [5.41, 5.74) is 5.25. The summed E-state index contributed by atoms with van der Waals surface area (Å²) in [6.45, 7) is 2.60. The average Bonchev–Trinajstić information content (AvgIpc) is 2.61. The second-order valence-corrected chi connectivity index (χ2v) is 5.83. The van der Waals surface area contributed by atoms with E-state index in [0.717, 1.165) is 36.8 Å². The molecule has 0 saturated carbocycles. The maximum absolute atomic E-state index is 11.5. The summed E-state index contributed by atoms with van der Waals surface area (Å²) in [4.78, 5) is 17.1. The molecule has 128 valence electrons. The number of benzene rings is 2. The zero-order valence-corrected chi connectivity index (χ0v) is 14.1. The van der Waals surface area contributed by atoms with Crippen molar-refractivity contribution in [3.8, 4) is 0 Å². The first-order valence-corrected chi connectivity index (χ1v) is 8.45. The molecule has 4 nitrogen and oxygen atoms in total. The van der Waals surface area contributed by atoms with Crippen LogP contribution in [0.3, 0.4) is 0 Å². The molecule has 0 saturated heterocycles. The number of hydrogen-bond donors (Lipinski definition) is 2. The standard InChI is InChI=1S/C20H25NO3/c1-2-3-5-14-19(17-12-8-9-13-18(17)20(22)23)21-24-15-16-10-6-4-7-11-16/h4,6-13,19,21H,2-3,5,14-15H2,1H3,(H,22,23). The quantitative estimate of drug-likeness (QED) is 0.489. The molecule has 2 aromatic rings. The SMILES string of the molecule is CCCCCC(NOCc1ccccc1)c1ccccc1C(=O)O. The summed E-state index contributed by atoms with van der Waals surface area (Å²) in [6.07, 6.45) is 4.11. The van der Waals surface area contributed by atoms with E-state index in [1.54, 1.807) is 12.1 Å². The predicted molar refractivity (Wildman–Crippen MR) is 94.7 cm³/mol. The fourth-order valence-corrected chi connectivity index (χ4v) is 2.67. The fourth-order valence-electron chi connectivity index (χ4n) is 2.67. The molecule has 24 heavy (non-hydrogen) atoms. The highest BCUT2D eigenvalue weighted by Crippen LogP contribution is 2.24. The maximum Gasteiger partial charge on any atom is 0.336 e. The number of aromatic carboxylic acids is 1. The largest absolute Gasteiger partial charge is 0.478 e. The van der Waals surface area contributed by atoms with Crippen molar-refractivity contribution in [2.45, 2.75) is 45.3 Å². The van der Waals surface area contributed by atoms with Gasteiger partial charge in [-0.05, 0) is 23.6 Å². The van der Waals surface area contributed by atoms with Gasteiger partial charge in [-0.1, -0.05) is 74.7 Å². The van der Waals surface area contributed by atoms with Crippen molar-refractivity contribution in [2.75, 3.05) is 0 Å². The van der Waals surface area contributed by atoms with Crippen LogP contribution in [0.4, 0.5) is 0 Å². The molecule has 2 rings (SSSR count). The Morgan fingerprint density at radius 2 is 1.79 bits per heavy atom. The Balaban J connectivity index is 2.05. The first kappa shape index (κ1) is 18.2. The number of rotatable bonds is 10. The van der Waals surface area contributed by atoms with E-state index in [2.05, 4.69) is 12.4 Å². The van der Waals surface area contributed by atoms with Gasteiger partial charge in [0.2, 0.25) is 0 Å². The van der Waals surface area contributed by atoms with E-state index in [1.165, 1.54) is 0 Å². The maximum atomic E-state index is 11.5. The molecule has 4 heteroatoms. The third-order valence-electron chi connectivity index (χ3n) is 3.97. The Bertz CT molecular complexity index is 628. The van der Waals surface area contributed by atoms with Crippen LogP contribution in [0.5, 0.6) is 0 Å². The van der Waals surface area contributed by atoms with Gasteiger partial charge in [-0.15, -0.1) is 0 Å². The van der Waals surface area contributed by atoms with Crippen molar-refractivity contribution in [3.05, 3.63) is 71.3 Å². The molecule has 0 aliphatic rings. The van der Waals surface area contributed by atoms with Crippen LogP contribution in [0.25, 0.3) is 0 Å². The van der Waals surface area contributed by atoms with Crippen LogP contribution in [0, 0.1) is 0 Å². The number of nitrogens with one attached hydrogen (secondary N) is 1. The molecule has 0 amide bonds. The molecule has 2 aromatic carbocycles. The minimum absolute atomic E-state index is 0.132. The molecule has 2 N–H and O–H groups in total. The first-order chi connectivity index (χ1) is 11.7. The van der Waals surface area contributed by atoms with Crippen LogP contribution in [-0.4, -0.2) is 11.1 Å². The highest BCUT2D eigenvalue weighted by atomic mass is 16.6. The number of carbonyl (C=O) groups is 1. The van der Waals surface area contributed by atoms with Crippen LogP contribution in [0.2, 0.25) is 0 Å². The number of unbranched alkanes of at least 4 members (excludes halogenated alkanes) is 2. The van der Waals surface area contributed by atoms with Crippen molar-refractivity contribution in [3.63, 3.8) is 0 Å². The Morgan fingerprint density at radius 3 is 2.50 bits per heavy atom. The minimum Gasteiger partial charge on any atom is -0.478 e. The highest BCUT2D eigenvalue weighted by molar-refractivity contribution is 5.89. The number of hydrogen-bond acceptors (Lipinski definition) is 3. The average molecular weight is 327 g/mol. The third-order valence-corrected chi connectivity index (χ3v) is 3.97. The summed E-state index contributed by atoms with van der Waals surface area (Å²) in [7, 11) is 0. The van der Waals surface area contributed by atoms with Crippen molar-refractivity contribution >= 4 is 5.97 Å². The summed E-state index contributed by atoms with van der Waals surface area (Å²) in [5.74, 6) is -0.907. The fraction of sp³-hybridized carbons (Fsp3) is 0.350. The van der Waals surface area contributed by atoms with Gasteiger partial charge in [0.1, 0.15) is 0 Å². The van der Waals surface area contributed by atoms with Gasteiger partial charge >= 0.3 is 5.97 Å². The molecule has 0 aliphatic heterocycles. The van der Waals surface area contributed by atoms with Crippen LogP contribution in [-0.2, 0) is 11.4 Å². The lowest BCUT2D eigenvalue weighted by Gasteiger charge is -2.20. The Labute approximate surface area is 143 Å². The molecule has 0 fully saturated rings. The van der Waals surface area contributed by atoms with Crippen molar-refractivity contribution in [1.29, 1.82) is 0 Å². The molecular formula is C20H25NO3. The predicted octanol–water partition coefficient (Wildman–Crippen LogP) is 4.73. The molecule has 1 atom stereocenters. The van der Waals surface area contributed by atoms with Gasteiger partial charge < -0.3 is 5.11 Å². The van der Waals surface area contributed by atoms with Crippen molar-refractivity contribution in [1.82, 2.24) is 5.48 Å². The summed E-state index contributed by atoms with van der Waals surface area (Å²) in [5, 5.41) is 9.42. The van der Waals surface area contributed by atoms with Gasteiger partial charge in [-0.25, -0.2) is 4.79 Å². The highest BCUT2D eigenvalue weighted by Gasteiger charge is 2.18. The van der Waals surface area contributed by atoms with Crippen LogP contribution >= 0.6 is 0 Å². The Hall–Kier alpha value is -2.17. The molecular weight excluding hydrogens is 302 g/mol. The monoisotopic (exact) mass is 327 g/mol. The molecule has 0 bridgehead atoms. The zero-order chi connectivity index (χ0) is 17.2. The number of hydroxylamine groups is 1. The molecule has 0 aromatic heterocycles. The minimum atomic E-state index is -0.907. The lowest BCUT2D eigenvalue weighted by molar-refractivity contribution is 0.000164. The van der Waals surface area contributed by atoms with Crippen molar-refractivity contribution < 1.29 is 14.7 Å². The smallest absolute Gasteiger partial charge is 0.336 e. The first-order valence-electron chi connectivity index (χ1n) is 8.45. The summed E-state index contributed by atoms with van der Waals surface area (Å²) in [6, 6.07) is 16.9. The topological polar surface area (TPSA) is 58.6 Å². The number of carboxylic acid groups (broad SMARTS) is 1.